The van der Waals surface area contributed by atoms with E-state index in [0.717, 1.165) is 11.1 Å². The Hall–Kier alpha value is -2.95. The van der Waals surface area contributed by atoms with Crippen LogP contribution in [0.3, 0.4) is 0 Å². The highest BCUT2D eigenvalue weighted by molar-refractivity contribution is 5.89. The van der Waals surface area contributed by atoms with Gasteiger partial charge in [-0.15, -0.1) is 0 Å². The van der Waals surface area contributed by atoms with Gasteiger partial charge in [-0.05, 0) is 48.2 Å². The van der Waals surface area contributed by atoms with Gasteiger partial charge >= 0.3 is 5.97 Å². The molecule has 2 aromatic carbocycles. The van der Waals surface area contributed by atoms with E-state index < -0.39 is 5.97 Å². The summed E-state index contributed by atoms with van der Waals surface area (Å²) in [6.07, 6.45) is 3.00. The smallest absolute Gasteiger partial charge is 0.336 e. The molecule has 2 rings (SSSR count). The molecule has 0 atom stereocenters. The minimum atomic E-state index is -0.459. The predicted molar refractivity (Wildman–Crippen MR) is 106 cm³/mol. The van der Waals surface area contributed by atoms with E-state index in [1.165, 1.54) is 20.3 Å². The fourth-order valence-electron chi connectivity index (χ4n) is 2.76. The topological polar surface area (TPSA) is 54.0 Å². The molecule has 2 aromatic rings. The molecule has 5 nitrogen and oxygen atoms in total. The van der Waals surface area contributed by atoms with Crippen LogP contribution in [0, 0.1) is 6.92 Å². The summed E-state index contributed by atoms with van der Waals surface area (Å²) < 4.78 is 21.6. The molecule has 0 aliphatic carbocycles. The van der Waals surface area contributed by atoms with E-state index in [1.807, 2.05) is 25.1 Å². The number of hydrogen-bond acceptors (Lipinski definition) is 5. The molecule has 144 valence electrons. The van der Waals surface area contributed by atoms with Crippen LogP contribution in [0.2, 0.25) is 0 Å². The van der Waals surface area contributed by atoms with Gasteiger partial charge in [0.25, 0.3) is 0 Å². The van der Waals surface area contributed by atoms with Crippen LogP contribution < -0.4 is 18.9 Å². The third kappa shape index (κ3) is 4.82. The van der Waals surface area contributed by atoms with E-state index in [4.69, 9.17) is 18.9 Å². The molecular weight excluding hydrogens is 344 g/mol. The maximum atomic E-state index is 12.3. The maximum Gasteiger partial charge on any atom is 0.336 e. The third-order valence-electron chi connectivity index (χ3n) is 4.14. The van der Waals surface area contributed by atoms with Crippen LogP contribution in [0.25, 0.3) is 6.08 Å². The van der Waals surface area contributed by atoms with E-state index in [9.17, 15) is 4.79 Å². The average Bonchev–Trinajstić information content (AvgIpc) is 2.65. The Morgan fingerprint density at radius 2 is 1.63 bits per heavy atom. The number of ether oxygens (including phenoxy) is 4. The Morgan fingerprint density at radius 3 is 2.22 bits per heavy atom. The summed E-state index contributed by atoms with van der Waals surface area (Å²) in [7, 11) is 4.63. The molecule has 0 fully saturated rings. The quantitative estimate of drug-likeness (QED) is 0.399. The van der Waals surface area contributed by atoms with Gasteiger partial charge in [-0.25, -0.2) is 4.79 Å². The summed E-state index contributed by atoms with van der Waals surface area (Å²) >= 11 is 0. The van der Waals surface area contributed by atoms with Crippen LogP contribution in [0.1, 0.15) is 36.5 Å². The number of benzene rings is 2. The van der Waals surface area contributed by atoms with E-state index >= 15 is 0 Å². The Morgan fingerprint density at radius 1 is 0.926 bits per heavy atom. The van der Waals surface area contributed by atoms with Gasteiger partial charge in [0.15, 0.2) is 11.5 Å². The Bertz CT molecular complexity index is 837. The minimum Gasteiger partial charge on any atom is -0.493 e. The molecule has 0 saturated heterocycles. The highest BCUT2D eigenvalue weighted by atomic mass is 16.5. The highest BCUT2D eigenvalue weighted by Crippen LogP contribution is 2.40. The number of hydrogen-bond donors (Lipinski definition) is 0. The van der Waals surface area contributed by atoms with Crippen molar-refractivity contribution in [3.8, 4) is 23.0 Å². The zero-order chi connectivity index (χ0) is 20.0. The van der Waals surface area contributed by atoms with Crippen LogP contribution in [-0.4, -0.2) is 27.3 Å². The molecule has 0 N–H and O–H groups in total. The summed E-state index contributed by atoms with van der Waals surface area (Å²) in [6.45, 7) is 6.09. The van der Waals surface area contributed by atoms with Crippen LogP contribution in [0.15, 0.2) is 36.4 Å². The largest absolute Gasteiger partial charge is 0.493 e. The molecule has 0 aliphatic heterocycles. The van der Waals surface area contributed by atoms with Crippen molar-refractivity contribution in [1.29, 1.82) is 0 Å². The van der Waals surface area contributed by atoms with Gasteiger partial charge in [0.2, 0.25) is 5.75 Å². The van der Waals surface area contributed by atoms with E-state index in [-0.39, 0.29) is 5.92 Å². The normalized spacial score (nSPS) is 10.9. The predicted octanol–water partition coefficient (Wildman–Crippen LogP) is 4.76. The van der Waals surface area contributed by atoms with E-state index in [1.54, 1.807) is 25.3 Å². The average molecular weight is 370 g/mol. The lowest BCUT2D eigenvalue weighted by atomic mass is 10.0. The lowest BCUT2D eigenvalue weighted by Gasteiger charge is -2.14. The second-order valence-electron chi connectivity index (χ2n) is 6.37. The van der Waals surface area contributed by atoms with Gasteiger partial charge < -0.3 is 18.9 Å². The van der Waals surface area contributed by atoms with Crippen molar-refractivity contribution >= 4 is 12.0 Å². The van der Waals surface area contributed by atoms with Crippen molar-refractivity contribution in [3.63, 3.8) is 0 Å². The fourth-order valence-corrected chi connectivity index (χ4v) is 2.76. The molecule has 0 saturated carbocycles. The number of rotatable bonds is 7. The molecule has 0 unspecified atom stereocenters. The first-order valence-corrected chi connectivity index (χ1v) is 8.70. The lowest BCUT2D eigenvalue weighted by Crippen LogP contribution is -2.07. The third-order valence-corrected chi connectivity index (χ3v) is 4.14. The Kier molecular flexibility index (Phi) is 6.88. The minimum absolute atomic E-state index is 0.253. The zero-order valence-corrected chi connectivity index (χ0v) is 16.7. The van der Waals surface area contributed by atoms with Crippen molar-refractivity contribution in [2.24, 2.45) is 0 Å². The number of aryl methyl sites for hydroxylation is 1. The molecular formula is C22H26O5. The Balaban J connectivity index is 2.27. The van der Waals surface area contributed by atoms with Crippen molar-refractivity contribution in [2.45, 2.75) is 26.7 Å². The molecule has 27 heavy (non-hydrogen) atoms. The number of carbonyl (C=O) groups is 1. The van der Waals surface area contributed by atoms with Crippen molar-refractivity contribution in [3.05, 3.63) is 53.1 Å². The van der Waals surface area contributed by atoms with E-state index in [2.05, 4.69) is 13.8 Å². The number of methoxy groups -OCH3 is 3. The van der Waals surface area contributed by atoms with Gasteiger partial charge in [-0.1, -0.05) is 26.0 Å². The first-order chi connectivity index (χ1) is 12.9. The molecule has 0 aliphatic rings. The second kappa shape index (κ2) is 9.12. The van der Waals surface area contributed by atoms with E-state index in [0.29, 0.717) is 28.6 Å². The summed E-state index contributed by atoms with van der Waals surface area (Å²) in [5.41, 5.74) is 2.71. The zero-order valence-electron chi connectivity index (χ0n) is 16.7. The summed E-state index contributed by atoms with van der Waals surface area (Å²) in [6, 6.07) is 9.42. The molecule has 0 bridgehead atoms. The van der Waals surface area contributed by atoms with Crippen molar-refractivity contribution in [2.75, 3.05) is 21.3 Å². The van der Waals surface area contributed by atoms with Gasteiger partial charge in [-0.3, -0.25) is 0 Å². The van der Waals surface area contributed by atoms with Crippen molar-refractivity contribution in [1.82, 2.24) is 0 Å². The van der Waals surface area contributed by atoms with Gasteiger partial charge in [-0.2, -0.15) is 0 Å². The van der Waals surface area contributed by atoms with Gasteiger partial charge in [0, 0.05) is 11.6 Å². The number of esters is 1. The van der Waals surface area contributed by atoms with Crippen LogP contribution in [0.4, 0.5) is 0 Å². The van der Waals surface area contributed by atoms with Crippen LogP contribution >= 0.6 is 0 Å². The molecule has 0 amide bonds. The van der Waals surface area contributed by atoms with Gasteiger partial charge in [0.1, 0.15) is 5.75 Å². The van der Waals surface area contributed by atoms with Crippen LogP contribution in [-0.2, 0) is 4.79 Å². The molecule has 0 spiro atoms. The lowest BCUT2D eigenvalue weighted by molar-refractivity contribution is -0.128. The van der Waals surface area contributed by atoms with Crippen LogP contribution in [0.5, 0.6) is 23.0 Å². The number of carbonyl (C=O) groups excluding carboxylic acids is 1. The van der Waals surface area contributed by atoms with Gasteiger partial charge in [0.05, 0.1) is 21.3 Å². The van der Waals surface area contributed by atoms with Crippen molar-refractivity contribution < 1.29 is 23.7 Å². The maximum absolute atomic E-state index is 12.3. The standard InChI is InChI=1S/C22H26O5/c1-14(2)17-10-7-15(3)13-19(17)27-20(23)12-9-16-8-11-18(24-4)22(26-6)21(16)25-5/h7-14H,1-6H3/b12-9+. The fraction of sp³-hybridized carbons (Fsp3) is 0.318. The summed E-state index contributed by atoms with van der Waals surface area (Å²) in [4.78, 5) is 12.3. The molecule has 0 aromatic heterocycles. The monoisotopic (exact) mass is 370 g/mol. The Labute approximate surface area is 160 Å². The molecule has 0 radical (unpaired) electrons. The first kappa shape index (κ1) is 20.4. The molecule has 5 heteroatoms. The second-order valence-corrected chi connectivity index (χ2v) is 6.37. The molecule has 0 heterocycles. The first-order valence-electron chi connectivity index (χ1n) is 8.70. The summed E-state index contributed by atoms with van der Waals surface area (Å²) in [5, 5.41) is 0. The highest BCUT2D eigenvalue weighted by Gasteiger charge is 2.15. The SMILES string of the molecule is COc1ccc(/C=C/C(=O)Oc2cc(C)ccc2C(C)C)c(OC)c1OC. The summed E-state index contributed by atoms with van der Waals surface area (Å²) in [5.74, 6) is 1.88.